The largest absolute Gasteiger partial charge is 0.481 e. The molecule has 0 spiro atoms. The van der Waals surface area contributed by atoms with Crippen LogP contribution in [0.5, 0.6) is 5.88 Å². The maximum absolute atomic E-state index is 12.1. The minimum atomic E-state index is -0.196. The maximum Gasteiger partial charge on any atom is 0.271 e. The van der Waals surface area contributed by atoms with E-state index in [1.807, 2.05) is 6.07 Å². The number of carbonyl (C=O) groups is 1. The normalized spacial score (nSPS) is 16.5. The highest BCUT2D eigenvalue weighted by molar-refractivity contribution is 5.87. The number of nitrogens with one attached hydrogen (secondary N) is 2. The van der Waals surface area contributed by atoms with Crippen LogP contribution in [0.1, 0.15) is 6.42 Å². The van der Waals surface area contributed by atoms with E-state index in [-0.39, 0.29) is 17.5 Å². The van der Waals surface area contributed by atoms with E-state index in [2.05, 4.69) is 21.9 Å². The topological polar surface area (TPSA) is 87.3 Å². The van der Waals surface area contributed by atoms with Crippen LogP contribution in [-0.4, -0.2) is 47.0 Å². The lowest BCUT2D eigenvalue weighted by atomic mass is 10.1. The van der Waals surface area contributed by atoms with Gasteiger partial charge in [0.25, 0.3) is 5.56 Å². The molecule has 0 radical (unpaired) electrons. The fourth-order valence-corrected chi connectivity index (χ4v) is 2.89. The van der Waals surface area contributed by atoms with Crippen molar-refractivity contribution in [2.24, 2.45) is 0 Å². The Morgan fingerprint density at radius 1 is 1.48 bits per heavy atom. The van der Waals surface area contributed by atoms with E-state index in [1.165, 1.54) is 6.08 Å². The standard InChI is InChI=1S/C18H20N4O3/c1-3-17(23)22-7-5-14(11-22)21-15-8-13(10-20-18(15)24)12-4-6-19-16(9-12)25-2/h3-4,6,8-10,14,21H,1,5,7,11H2,2H3,(H,20,24)/t14-/m0/s1. The number of likely N-dealkylation sites (tertiary alicyclic amines) is 1. The van der Waals surface area contributed by atoms with Gasteiger partial charge in [-0.25, -0.2) is 4.98 Å². The van der Waals surface area contributed by atoms with E-state index in [1.54, 1.807) is 36.5 Å². The third-order valence-electron chi connectivity index (χ3n) is 4.21. The summed E-state index contributed by atoms with van der Waals surface area (Å²) in [5.41, 5.74) is 2.02. The van der Waals surface area contributed by atoms with Crippen LogP contribution in [0.3, 0.4) is 0 Å². The van der Waals surface area contributed by atoms with E-state index in [0.717, 1.165) is 17.5 Å². The minimum absolute atomic E-state index is 0.0345. The van der Waals surface area contributed by atoms with Crippen LogP contribution in [-0.2, 0) is 4.79 Å². The van der Waals surface area contributed by atoms with Gasteiger partial charge in [0.1, 0.15) is 5.69 Å². The lowest BCUT2D eigenvalue weighted by Crippen LogP contribution is -2.31. The van der Waals surface area contributed by atoms with Gasteiger partial charge in [-0.2, -0.15) is 0 Å². The van der Waals surface area contributed by atoms with Crippen LogP contribution in [0.15, 0.2) is 48.0 Å². The van der Waals surface area contributed by atoms with Gasteiger partial charge >= 0.3 is 0 Å². The number of hydrogen-bond acceptors (Lipinski definition) is 5. The van der Waals surface area contributed by atoms with E-state index >= 15 is 0 Å². The van der Waals surface area contributed by atoms with Crippen molar-refractivity contribution in [1.82, 2.24) is 14.9 Å². The van der Waals surface area contributed by atoms with Crippen LogP contribution < -0.4 is 15.6 Å². The number of nitrogens with zero attached hydrogens (tertiary/aromatic N) is 2. The average molecular weight is 340 g/mol. The van der Waals surface area contributed by atoms with Crippen LogP contribution in [0.4, 0.5) is 5.69 Å². The maximum atomic E-state index is 12.1. The van der Waals surface area contributed by atoms with Crippen molar-refractivity contribution in [1.29, 1.82) is 0 Å². The summed E-state index contributed by atoms with van der Waals surface area (Å²) in [7, 11) is 1.56. The predicted octanol–water partition coefficient (Wildman–Crippen LogP) is 1.64. The molecule has 25 heavy (non-hydrogen) atoms. The third kappa shape index (κ3) is 3.71. The first kappa shape index (κ1) is 16.8. The molecule has 2 N–H and O–H groups in total. The monoisotopic (exact) mass is 340 g/mol. The summed E-state index contributed by atoms with van der Waals surface area (Å²) < 4.78 is 5.14. The van der Waals surface area contributed by atoms with E-state index in [0.29, 0.717) is 24.7 Å². The van der Waals surface area contributed by atoms with Gasteiger partial charge in [-0.3, -0.25) is 9.59 Å². The van der Waals surface area contributed by atoms with Crippen LogP contribution in [0.25, 0.3) is 11.1 Å². The Morgan fingerprint density at radius 2 is 2.32 bits per heavy atom. The summed E-state index contributed by atoms with van der Waals surface area (Å²) in [5, 5.41) is 3.24. The highest BCUT2D eigenvalue weighted by Crippen LogP contribution is 2.23. The number of H-pyrrole nitrogens is 1. The van der Waals surface area contributed by atoms with Crippen molar-refractivity contribution in [3.63, 3.8) is 0 Å². The summed E-state index contributed by atoms with van der Waals surface area (Å²) in [5.74, 6) is 0.420. The first-order valence-electron chi connectivity index (χ1n) is 8.01. The fraction of sp³-hybridized carbons (Fsp3) is 0.278. The smallest absolute Gasteiger partial charge is 0.271 e. The Bertz CT molecular complexity index is 846. The lowest BCUT2D eigenvalue weighted by molar-refractivity contribution is -0.125. The van der Waals surface area contributed by atoms with Gasteiger partial charge in [-0.15, -0.1) is 0 Å². The molecule has 7 nitrogen and oxygen atoms in total. The third-order valence-corrected chi connectivity index (χ3v) is 4.21. The van der Waals surface area contributed by atoms with Crippen LogP contribution in [0.2, 0.25) is 0 Å². The van der Waals surface area contributed by atoms with Crippen molar-refractivity contribution in [3.05, 3.63) is 53.6 Å². The molecule has 0 aliphatic carbocycles. The second-order valence-electron chi connectivity index (χ2n) is 5.84. The molecule has 0 saturated carbocycles. The number of pyridine rings is 2. The highest BCUT2D eigenvalue weighted by atomic mass is 16.5. The molecule has 1 saturated heterocycles. The van der Waals surface area contributed by atoms with Gasteiger partial charge < -0.3 is 19.9 Å². The SMILES string of the molecule is C=CC(=O)N1CC[C@H](Nc2cc(-c3ccnc(OC)c3)c[nH]c2=O)C1. The van der Waals surface area contributed by atoms with Crippen LogP contribution >= 0.6 is 0 Å². The molecule has 1 fully saturated rings. The second kappa shape index (κ2) is 7.21. The van der Waals surface area contributed by atoms with Gasteiger partial charge in [0.05, 0.1) is 7.11 Å². The molecule has 0 unspecified atom stereocenters. The number of hydrogen-bond donors (Lipinski definition) is 2. The molecule has 3 rings (SSSR count). The number of methoxy groups -OCH3 is 1. The fourth-order valence-electron chi connectivity index (χ4n) is 2.89. The van der Waals surface area contributed by atoms with E-state index in [4.69, 9.17) is 4.74 Å². The summed E-state index contributed by atoms with van der Waals surface area (Å²) in [6, 6.07) is 5.48. The number of aromatic nitrogens is 2. The van der Waals surface area contributed by atoms with Crippen molar-refractivity contribution in [2.75, 3.05) is 25.5 Å². The Kier molecular flexibility index (Phi) is 4.83. The molecule has 3 heterocycles. The lowest BCUT2D eigenvalue weighted by Gasteiger charge is -2.16. The Hall–Kier alpha value is -3.09. The molecule has 1 atom stereocenters. The number of ether oxygens (including phenoxy) is 1. The summed E-state index contributed by atoms with van der Waals surface area (Å²) >= 11 is 0. The van der Waals surface area contributed by atoms with Crippen molar-refractivity contribution < 1.29 is 9.53 Å². The molecular formula is C18H20N4O3. The van der Waals surface area contributed by atoms with Crippen LogP contribution in [0, 0.1) is 0 Å². The molecule has 2 aromatic heterocycles. The zero-order valence-corrected chi connectivity index (χ0v) is 14.0. The van der Waals surface area contributed by atoms with Gasteiger partial charge in [-0.1, -0.05) is 6.58 Å². The number of anilines is 1. The number of amides is 1. The van der Waals surface area contributed by atoms with Gasteiger partial charge in [0.15, 0.2) is 0 Å². The van der Waals surface area contributed by atoms with Gasteiger partial charge in [-0.05, 0) is 30.2 Å². The molecule has 7 heteroatoms. The second-order valence-corrected chi connectivity index (χ2v) is 5.84. The molecule has 0 bridgehead atoms. The molecule has 1 aliphatic heterocycles. The zero-order valence-electron chi connectivity index (χ0n) is 14.0. The average Bonchev–Trinajstić information content (AvgIpc) is 3.11. The van der Waals surface area contributed by atoms with Crippen molar-refractivity contribution in [3.8, 4) is 17.0 Å². The number of carbonyl (C=O) groups excluding carboxylic acids is 1. The van der Waals surface area contributed by atoms with Gasteiger partial charge in [0.2, 0.25) is 11.8 Å². The Morgan fingerprint density at radius 3 is 3.08 bits per heavy atom. The summed E-state index contributed by atoms with van der Waals surface area (Å²) in [6.45, 7) is 4.71. The number of aromatic amines is 1. The molecule has 0 aromatic carbocycles. The van der Waals surface area contributed by atoms with Crippen molar-refractivity contribution in [2.45, 2.75) is 12.5 Å². The Balaban J connectivity index is 1.79. The Labute approximate surface area is 145 Å². The van der Waals surface area contributed by atoms with E-state index in [9.17, 15) is 9.59 Å². The first-order valence-corrected chi connectivity index (χ1v) is 8.01. The quantitative estimate of drug-likeness (QED) is 0.808. The molecule has 130 valence electrons. The summed E-state index contributed by atoms with van der Waals surface area (Å²) in [6.07, 6.45) is 5.41. The highest BCUT2D eigenvalue weighted by Gasteiger charge is 2.25. The van der Waals surface area contributed by atoms with Crippen molar-refractivity contribution >= 4 is 11.6 Å². The zero-order chi connectivity index (χ0) is 17.8. The molecular weight excluding hydrogens is 320 g/mol. The minimum Gasteiger partial charge on any atom is -0.481 e. The molecule has 2 aromatic rings. The predicted molar refractivity (Wildman–Crippen MR) is 95.7 cm³/mol. The molecule has 1 aliphatic rings. The van der Waals surface area contributed by atoms with E-state index < -0.39 is 0 Å². The first-order chi connectivity index (χ1) is 12.1. The molecule has 1 amide bonds. The van der Waals surface area contributed by atoms with Gasteiger partial charge in [0, 0.05) is 43.2 Å². The number of rotatable bonds is 5. The summed E-state index contributed by atoms with van der Waals surface area (Å²) in [4.78, 5) is 32.4.